The van der Waals surface area contributed by atoms with Gasteiger partial charge in [-0.2, -0.15) is 0 Å². The quantitative estimate of drug-likeness (QED) is 0.799. The molecule has 4 heteroatoms. The van der Waals surface area contributed by atoms with E-state index in [-0.39, 0.29) is 11.9 Å². The normalized spacial score (nSPS) is 20.3. The Morgan fingerprint density at radius 2 is 2.28 bits per heavy atom. The zero-order chi connectivity index (χ0) is 12.5. The lowest BCUT2D eigenvalue weighted by atomic mass is 10.1. The SMILES string of the molecule is C[C@H]1CNCCN1C(=O)c1ccc2[nH]ccc2c1. The average Bonchev–Trinajstić information content (AvgIpc) is 2.85. The second kappa shape index (κ2) is 4.46. The van der Waals surface area contributed by atoms with Crippen molar-refractivity contribution in [3.05, 3.63) is 36.0 Å². The number of H-pyrrole nitrogens is 1. The first-order valence-electron chi connectivity index (χ1n) is 6.34. The van der Waals surface area contributed by atoms with Crippen LogP contribution in [0.25, 0.3) is 10.9 Å². The summed E-state index contributed by atoms with van der Waals surface area (Å²) in [4.78, 5) is 17.6. The standard InChI is InChI=1S/C14H17N3O/c1-10-9-15-6-7-17(10)14(18)12-2-3-13-11(8-12)4-5-16-13/h2-5,8,10,15-16H,6-7,9H2,1H3/t10-/m0/s1. The van der Waals surface area contributed by atoms with E-state index < -0.39 is 0 Å². The number of rotatable bonds is 1. The summed E-state index contributed by atoms with van der Waals surface area (Å²) in [6.45, 7) is 4.62. The first-order chi connectivity index (χ1) is 8.75. The van der Waals surface area contributed by atoms with Crippen LogP contribution in [0.4, 0.5) is 0 Å². The third-order valence-electron chi connectivity index (χ3n) is 3.56. The number of nitrogens with zero attached hydrogens (tertiary/aromatic N) is 1. The second-order valence-corrected chi connectivity index (χ2v) is 4.83. The zero-order valence-electron chi connectivity index (χ0n) is 10.4. The Balaban J connectivity index is 1.90. The largest absolute Gasteiger partial charge is 0.361 e. The van der Waals surface area contributed by atoms with Crippen LogP contribution in [0.5, 0.6) is 0 Å². The molecule has 0 unspecified atom stereocenters. The highest BCUT2D eigenvalue weighted by molar-refractivity contribution is 5.98. The maximum absolute atomic E-state index is 12.5. The monoisotopic (exact) mass is 243 g/mol. The Kier molecular flexibility index (Phi) is 2.80. The van der Waals surface area contributed by atoms with Gasteiger partial charge in [0, 0.05) is 48.3 Å². The molecular weight excluding hydrogens is 226 g/mol. The Hall–Kier alpha value is -1.81. The van der Waals surface area contributed by atoms with Gasteiger partial charge in [0.25, 0.3) is 5.91 Å². The van der Waals surface area contributed by atoms with Gasteiger partial charge in [0.05, 0.1) is 0 Å². The molecule has 1 aromatic heterocycles. The molecule has 1 atom stereocenters. The van der Waals surface area contributed by atoms with E-state index in [4.69, 9.17) is 0 Å². The second-order valence-electron chi connectivity index (χ2n) is 4.83. The number of nitrogens with one attached hydrogen (secondary N) is 2. The van der Waals surface area contributed by atoms with Gasteiger partial charge in [0.1, 0.15) is 0 Å². The van der Waals surface area contributed by atoms with Crippen LogP contribution in [-0.2, 0) is 0 Å². The third kappa shape index (κ3) is 1.88. The summed E-state index contributed by atoms with van der Waals surface area (Å²) in [7, 11) is 0. The van der Waals surface area contributed by atoms with Crippen molar-refractivity contribution >= 4 is 16.8 Å². The minimum absolute atomic E-state index is 0.132. The number of aromatic nitrogens is 1. The van der Waals surface area contributed by atoms with Crippen LogP contribution < -0.4 is 5.32 Å². The Morgan fingerprint density at radius 3 is 3.11 bits per heavy atom. The fraction of sp³-hybridized carbons (Fsp3) is 0.357. The van der Waals surface area contributed by atoms with E-state index in [1.807, 2.05) is 35.4 Å². The molecule has 94 valence electrons. The predicted octanol–water partition coefficient (Wildman–Crippen LogP) is 1.60. The van der Waals surface area contributed by atoms with Crippen LogP contribution >= 0.6 is 0 Å². The predicted molar refractivity (Wildman–Crippen MR) is 71.7 cm³/mol. The van der Waals surface area contributed by atoms with Gasteiger partial charge in [-0.15, -0.1) is 0 Å². The molecule has 1 aromatic carbocycles. The van der Waals surface area contributed by atoms with Crippen LogP contribution in [0.2, 0.25) is 0 Å². The van der Waals surface area contributed by atoms with Crippen molar-refractivity contribution < 1.29 is 4.79 Å². The van der Waals surface area contributed by atoms with Crippen LogP contribution in [0.15, 0.2) is 30.5 Å². The van der Waals surface area contributed by atoms with Gasteiger partial charge in [-0.1, -0.05) is 0 Å². The van der Waals surface area contributed by atoms with Crippen molar-refractivity contribution in [2.75, 3.05) is 19.6 Å². The smallest absolute Gasteiger partial charge is 0.254 e. The molecule has 3 rings (SSSR count). The number of carbonyl (C=O) groups excluding carboxylic acids is 1. The van der Waals surface area contributed by atoms with E-state index in [1.54, 1.807) is 0 Å². The number of amides is 1. The molecule has 1 amide bonds. The summed E-state index contributed by atoms with van der Waals surface area (Å²) < 4.78 is 0. The van der Waals surface area contributed by atoms with Crippen LogP contribution in [0.3, 0.4) is 0 Å². The fourth-order valence-electron chi connectivity index (χ4n) is 2.49. The van der Waals surface area contributed by atoms with Gasteiger partial charge in [-0.05, 0) is 31.2 Å². The molecular formula is C14H17N3O. The summed E-state index contributed by atoms with van der Waals surface area (Å²) in [5.41, 5.74) is 1.84. The van der Waals surface area contributed by atoms with E-state index in [9.17, 15) is 4.79 Å². The molecule has 2 heterocycles. The number of carbonyl (C=O) groups is 1. The summed E-state index contributed by atoms with van der Waals surface area (Å²) in [5, 5.41) is 4.38. The third-order valence-corrected chi connectivity index (χ3v) is 3.56. The van der Waals surface area contributed by atoms with Crippen molar-refractivity contribution in [1.29, 1.82) is 0 Å². The van der Waals surface area contributed by atoms with Crippen LogP contribution in [0.1, 0.15) is 17.3 Å². The lowest BCUT2D eigenvalue weighted by molar-refractivity contribution is 0.0656. The molecule has 1 saturated heterocycles. The van der Waals surface area contributed by atoms with Crippen molar-refractivity contribution in [2.24, 2.45) is 0 Å². The minimum atomic E-state index is 0.132. The molecule has 0 aliphatic carbocycles. The lowest BCUT2D eigenvalue weighted by Crippen LogP contribution is -2.52. The number of benzene rings is 1. The highest BCUT2D eigenvalue weighted by Crippen LogP contribution is 2.17. The molecule has 0 radical (unpaired) electrons. The van der Waals surface area contributed by atoms with Gasteiger partial charge in [-0.3, -0.25) is 4.79 Å². The van der Waals surface area contributed by atoms with Crippen molar-refractivity contribution in [1.82, 2.24) is 15.2 Å². The Morgan fingerprint density at radius 1 is 1.39 bits per heavy atom. The summed E-state index contributed by atoms with van der Waals surface area (Å²) in [6.07, 6.45) is 1.90. The molecule has 18 heavy (non-hydrogen) atoms. The summed E-state index contributed by atoms with van der Waals surface area (Å²) >= 11 is 0. The topological polar surface area (TPSA) is 48.1 Å². The maximum Gasteiger partial charge on any atom is 0.254 e. The van der Waals surface area contributed by atoms with Crippen molar-refractivity contribution in [3.63, 3.8) is 0 Å². The molecule has 2 aromatic rings. The molecule has 1 aliphatic heterocycles. The molecule has 0 bridgehead atoms. The first kappa shape index (κ1) is 11.3. The Labute approximate surface area is 106 Å². The number of fused-ring (bicyclic) bond motifs is 1. The van der Waals surface area contributed by atoms with E-state index >= 15 is 0 Å². The summed E-state index contributed by atoms with van der Waals surface area (Å²) in [5.74, 6) is 0.132. The van der Waals surface area contributed by atoms with Gasteiger partial charge >= 0.3 is 0 Å². The van der Waals surface area contributed by atoms with E-state index in [1.165, 1.54) is 0 Å². The minimum Gasteiger partial charge on any atom is -0.361 e. The van der Waals surface area contributed by atoms with E-state index in [2.05, 4.69) is 17.2 Å². The van der Waals surface area contributed by atoms with Crippen LogP contribution in [-0.4, -0.2) is 41.5 Å². The molecule has 0 spiro atoms. The number of hydrogen-bond acceptors (Lipinski definition) is 2. The lowest BCUT2D eigenvalue weighted by Gasteiger charge is -2.34. The summed E-state index contributed by atoms with van der Waals surface area (Å²) in [6, 6.07) is 8.08. The highest BCUT2D eigenvalue weighted by Gasteiger charge is 2.23. The van der Waals surface area contributed by atoms with Crippen LogP contribution in [0, 0.1) is 0 Å². The van der Waals surface area contributed by atoms with Gasteiger partial charge in [0.2, 0.25) is 0 Å². The number of aromatic amines is 1. The molecule has 0 saturated carbocycles. The van der Waals surface area contributed by atoms with Gasteiger partial charge in [0.15, 0.2) is 0 Å². The number of piperazine rings is 1. The van der Waals surface area contributed by atoms with Gasteiger partial charge < -0.3 is 15.2 Å². The van der Waals surface area contributed by atoms with Crippen molar-refractivity contribution in [3.8, 4) is 0 Å². The Bertz CT molecular complexity index is 575. The highest BCUT2D eigenvalue weighted by atomic mass is 16.2. The van der Waals surface area contributed by atoms with E-state index in [0.717, 1.165) is 36.1 Å². The van der Waals surface area contributed by atoms with Gasteiger partial charge in [-0.25, -0.2) is 0 Å². The zero-order valence-corrected chi connectivity index (χ0v) is 10.4. The number of hydrogen-bond donors (Lipinski definition) is 2. The maximum atomic E-state index is 12.5. The molecule has 4 nitrogen and oxygen atoms in total. The fourth-order valence-corrected chi connectivity index (χ4v) is 2.49. The average molecular weight is 243 g/mol. The molecule has 1 aliphatic rings. The first-order valence-corrected chi connectivity index (χ1v) is 6.34. The molecule has 2 N–H and O–H groups in total. The molecule has 1 fully saturated rings. The van der Waals surface area contributed by atoms with Crippen molar-refractivity contribution in [2.45, 2.75) is 13.0 Å². The van der Waals surface area contributed by atoms with E-state index in [0.29, 0.717) is 0 Å².